The van der Waals surface area contributed by atoms with Crippen LogP contribution in [0.3, 0.4) is 0 Å². The fraction of sp³-hybridized carbons (Fsp3) is 0.417. The molecule has 1 fully saturated rings. The second-order valence-electron chi connectivity index (χ2n) is 9.58. The summed E-state index contributed by atoms with van der Waals surface area (Å²) in [6.07, 6.45) is 5.28. The van der Waals surface area contributed by atoms with Crippen molar-refractivity contribution in [3.63, 3.8) is 0 Å². The third kappa shape index (κ3) is 4.48. The number of rotatable bonds is 2. The summed E-state index contributed by atoms with van der Waals surface area (Å²) in [6.45, 7) is 4.88. The molecule has 0 aromatic carbocycles. The minimum atomic E-state index is -4.21. The molecule has 1 unspecified atom stereocenters. The number of hydrogen-bond acceptors (Lipinski definition) is 9. The maximum atomic E-state index is 13.4. The van der Waals surface area contributed by atoms with E-state index in [4.69, 9.17) is 9.72 Å². The largest absolute Gasteiger partial charge is 0.480 e. The lowest BCUT2D eigenvalue weighted by Crippen LogP contribution is -2.45. The van der Waals surface area contributed by atoms with Gasteiger partial charge >= 0.3 is 0 Å². The number of amides is 1. The van der Waals surface area contributed by atoms with Crippen molar-refractivity contribution in [2.24, 2.45) is 0 Å². The molecule has 1 atom stereocenters. The summed E-state index contributed by atoms with van der Waals surface area (Å²) in [5.74, 6) is 1.04. The van der Waals surface area contributed by atoms with Crippen LogP contribution in [0.4, 0.5) is 11.6 Å². The van der Waals surface area contributed by atoms with Gasteiger partial charge in [0.2, 0.25) is 5.88 Å². The molecule has 0 saturated carbocycles. The van der Waals surface area contributed by atoms with E-state index in [0.717, 1.165) is 25.7 Å². The Hall–Kier alpha value is -3.67. The van der Waals surface area contributed by atoms with E-state index in [9.17, 15) is 13.2 Å². The van der Waals surface area contributed by atoms with E-state index in [-0.39, 0.29) is 22.2 Å². The van der Waals surface area contributed by atoms with Crippen molar-refractivity contribution < 1.29 is 17.9 Å². The molecular formula is C24H29N7O4S. The summed E-state index contributed by atoms with van der Waals surface area (Å²) in [5.41, 5.74) is -0.115. The number of sulfonamides is 1. The second kappa shape index (κ2) is 9.08. The van der Waals surface area contributed by atoms with E-state index in [0.29, 0.717) is 29.9 Å². The molecule has 2 aliphatic rings. The van der Waals surface area contributed by atoms with Crippen LogP contribution in [0.2, 0.25) is 0 Å². The molecule has 2 bridgehead atoms. The Kier molecular flexibility index (Phi) is 6.07. The first-order valence-corrected chi connectivity index (χ1v) is 13.3. The number of fused-ring (bicyclic) bond motifs is 5. The summed E-state index contributed by atoms with van der Waals surface area (Å²) in [4.78, 5) is 24.6. The van der Waals surface area contributed by atoms with Gasteiger partial charge in [-0.25, -0.2) is 19.4 Å². The standard InChI is InChI=1S/C24H29N7O4S/c1-24(2)13-11-16-6-5-14-25-18-7-4-8-21(26-18)36(33,34)29-23(32)17-9-10-19(27-22(17)31(16)24)30-15-12-20(28-30)35-3/h4,7-10,12,15-16H,5-6,11,13-14H2,1-3H3,(H,25,26)(H,29,32). The number of nitrogens with one attached hydrogen (secondary N) is 2. The highest BCUT2D eigenvalue weighted by Crippen LogP contribution is 2.40. The lowest BCUT2D eigenvalue weighted by Gasteiger charge is -2.38. The van der Waals surface area contributed by atoms with Gasteiger partial charge in [-0.05, 0) is 63.8 Å². The molecular weight excluding hydrogens is 482 g/mol. The highest BCUT2D eigenvalue weighted by atomic mass is 32.2. The van der Waals surface area contributed by atoms with E-state index >= 15 is 0 Å². The van der Waals surface area contributed by atoms with Crippen molar-refractivity contribution in [2.45, 2.75) is 56.1 Å². The predicted molar refractivity (Wildman–Crippen MR) is 134 cm³/mol. The zero-order valence-corrected chi connectivity index (χ0v) is 21.2. The van der Waals surface area contributed by atoms with Crippen molar-refractivity contribution in [2.75, 3.05) is 23.9 Å². The van der Waals surface area contributed by atoms with Crippen LogP contribution in [0.5, 0.6) is 5.88 Å². The normalized spacial score (nSPS) is 20.9. The van der Waals surface area contributed by atoms with Crippen LogP contribution in [0.25, 0.3) is 5.82 Å². The summed E-state index contributed by atoms with van der Waals surface area (Å²) >= 11 is 0. The number of hydrogen-bond donors (Lipinski definition) is 2. The zero-order valence-electron chi connectivity index (χ0n) is 20.4. The van der Waals surface area contributed by atoms with Gasteiger partial charge in [-0.15, -0.1) is 5.10 Å². The van der Waals surface area contributed by atoms with E-state index in [1.165, 1.54) is 13.2 Å². The molecule has 5 heterocycles. The van der Waals surface area contributed by atoms with Gasteiger partial charge in [0.05, 0.1) is 12.7 Å². The molecule has 0 aliphatic carbocycles. The summed E-state index contributed by atoms with van der Waals surface area (Å²) < 4.78 is 35.0. The number of aromatic nitrogens is 4. The molecule has 0 spiro atoms. The SMILES string of the molecule is COc1ccn(-c2ccc3c(n2)N2C(CCCNc4cccc(n4)S(=O)(=O)NC3=O)CCC2(C)C)n1. The molecule has 3 aromatic heterocycles. The molecule has 2 N–H and O–H groups in total. The Balaban J connectivity index is 1.64. The Labute approximate surface area is 209 Å². The van der Waals surface area contributed by atoms with Crippen LogP contribution in [0.1, 0.15) is 49.9 Å². The number of carbonyl (C=O) groups excluding carboxylic acids is 1. The average Bonchev–Trinajstić information content (AvgIpc) is 3.45. The number of pyridine rings is 2. The van der Waals surface area contributed by atoms with Gasteiger partial charge in [-0.2, -0.15) is 8.42 Å². The maximum Gasteiger partial charge on any atom is 0.281 e. The molecule has 1 amide bonds. The fourth-order valence-corrected chi connectivity index (χ4v) is 5.85. The highest BCUT2D eigenvalue weighted by Gasteiger charge is 2.42. The molecule has 36 heavy (non-hydrogen) atoms. The molecule has 2 aliphatic heterocycles. The lowest BCUT2D eigenvalue weighted by molar-refractivity contribution is 0.0981. The summed E-state index contributed by atoms with van der Waals surface area (Å²) in [6, 6.07) is 9.75. The summed E-state index contributed by atoms with van der Waals surface area (Å²) in [7, 11) is -2.67. The smallest absolute Gasteiger partial charge is 0.281 e. The van der Waals surface area contributed by atoms with E-state index in [1.54, 1.807) is 41.2 Å². The van der Waals surface area contributed by atoms with Crippen molar-refractivity contribution >= 4 is 27.6 Å². The molecule has 3 aromatic rings. The van der Waals surface area contributed by atoms with Gasteiger partial charge in [0.15, 0.2) is 10.8 Å². The lowest BCUT2D eigenvalue weighted by atomic mass is 10.0. The average molecular weight is 512 g/mol. The van der Waals surface area contributed by atoms with Gasteiger partial charge in [-0.3, -0.25) is 4.79 Å². The first-order valence-electron chi connectivity index (χ1n) is 11.9. The first kappa shape index (κ1) is 24.0. The number of nitrogens with zero attached hydrogens (tertiary/aromatic N) is 5. The Morgan fingerprint density at radius 1 is 1.11 bits per heavy atom. The molecule has 190 valence electrons. The van der Waals surface area contributed by atoms with Gasteiger partial charge in [-0.1, -0.05) is 6.07 Å². The maximum absolute atomic E-state index is 13.4. The topological polar surface area (TPSA) is 131 Å². The highest BCUT2D eigenvalue weighted by molar-refractivity contribution is 7.90. The first-order chi connectivity index (χ1) is 17.2. The second-order valence-corrected chi connectivity index (χ2v) is 11.2. The van der Waals surface area contributed by atoms with Crippen LogP contribution in [-0.2, 0) is 10.0 Å². The van der Waals surface area contributed by atoms with Crippen molar-refractivity contribution in [1.29, 1.82) is 0 Å². The van der Waals surface area contributed by atoms with Gasteiger partial charge in [0, 0.05) is 30.4 Å². The molecule has 11 nitrogen and oxygen atoms in total. The number of carbonyl (C=O) groups is 1. The zero-order chi connectivity index (χ0) is 25.5. The Morgan fingerprint density at radius 2 is 1.94 bits per heavy atom. The van der Waals surface area contributed by atoms with E-state index in [1.807, 2.05) is 0 Å². The van der Waals surface area contributed by atoms with Crippen molar-refractivity contribution in [1.82, 2.24) is 24.5 Å². The number of methoxy groups -OCH3 is 1. The third-order valence-corrected chi connectivity index (χ3v) is 7.93. The third-order valence-electron chi connectivity index (χ3n) is 6.69. The van der Waals surface area contributed by atoms with E-state index in [2.05, 4.69) is 38.9 Å². The number of ether oxygens (including phenoxy) is 1. The Bertz CT molecular complexity index is 1400. The summed E-state index contributed by atoms with van der Waals surface area (Å²) in [5, 5.41) is 7.32. The fourth-order valence-electron chi connectivity index (χ4n) is 4.91. The van der Waals surface area contributed by atoms with Gasteiger partial charge in [0.25, 0.3) is 15.9 Å². The quantitative estimate of drug-likeness (QED) is 0.533. The predicted octanol–water partition coefficient (Wildman–Crippen LogP) is 2.74. The van der Waals surface area contributed by atoms with Crippen LogP contribution < -0.4 is 19.7 Å². The Morgan fingerprint density at radius 3 is 2.72 bits per heavy atom. The van der Waals surface area contributed by atoms with Gasteiger partial charge < -0.3 is 15.0 Å². The molecule has 12 heteroatoms. The minimum absolute atomic E-state index is 0.127. The molecule has 0 radical (unpaired) electrons. The van der Waals surface area contributed by atoms with Crippen LogP contribution >= 0.6 is 0 Å². The van der Waals surface area contributed by atoms with Crippen LogP contribution in [0, 0.1) is 0 Å². The monoisotopic (exact) mass is 511 g/mol. The molecule has 5 rings (SSSR count). The van der Waals surface area contributed by atoms with E-state index < -0.39 is 15.9 Å². The van der Waals surface area contributed by atoms with Crippen LogP contribution in [-0.4, -0.2) is 59.3 Å². The van der Waals surface area contributed by atoms with Crippen molar-refractivity contribution in [3.05, 3.63) is 48.2 Å². The minimum Gasteiger partial charge on any atom is -0.480 e. The molecule has 1 saturated heterocycles. The number of anilines is 2. The van der Waals surface area contributed by atoms with Crippen LogP contribution in [0.15, 0.2) is 47.6 Å². The van der Waals surface area contributed by atoms with Crippen molar-refractivity contribution in [3.8, 4) is 11.7 Å². The van der Waals surface area contributed by atoms with Gasteiger partial charge in [0.1, 0.15) is 11.6 Å².